The zero-order valence-corrected chi connectivity index (χ0v) is 9.00. The van der Waals surface area contributed by atoms with Crippen molar-refractivity contribution in [3.05, 3.63) is 28.5 Å². The zero-order chi connectivity index (χ0) is 9.26. The number of halogens is 1. The van der Waals surface area contributed by atoms with Crippen LogP contribution >= 0.6 is 15.9 Å². The molecule has 70 valence electrons. The second-order valence-corrected chi connectivity index (χ2v) is 4.44. The molecular formula is C10H13BrN2. The van der Waals surface area contributed by atoms with Crippen molar-refractivity contribution in [2.45, 2.75) is 25.3 Å². The van der Waals surface area contributed by atoms with Crippen LogP contribution in [-0.2, 0) is 0 Å². The predicted molar refractivity (Wildman–Crippen MR) is 56.2 cm³/mol. The number of hydrogen-bond donors (Lipinski definition) is 1. The highest BCUT2D eigenvalue weighted by Crippen LogP contribution is 2.37. The number of nitrogens with two attached hydrogens (primary N) is 1. The summed E-state index contributed by atoms with van der Waals surface area (Å²) in [6, 6.07) is 4.03. The molecule has 1 aliphatic carbocycles. The fourth-order valence-corrected chi connectivity index (χ4v) is 2.18. The van der Waals surface area contributed by atoms with E-state index in [1.807, 2.05) is 12.1 Å². The Balaban J connectivity index is 2.18. The van der Waals surface area contributed by atoms with Crippen LogP contribution in [0.3, 0.4) is 0 Å². The third-order valence-electron chi connectivity index (χ3n) is 2.76. The molecule has 1 fully saturated rings. The molecule has 0 radical (unpaired) electrons. The highest BCUT2D eigenvalue weighted by atomic mass is 79.9. The van der Waals surface area contributed by atoms with Crippen LogP contribution in [0.25, 0.3) is 0 Å². The van der Waals surface area contributed by atoms with Gasteiger partial charge in [0.05, 0.1) is 11.7 Å². The van der Waals surface area contributed by atoms with Crippen LogP contribution in [0.5, 0.6) is 0 Å². The summed E-state index contributed by atoms with van der Waals surface area (Å²) in [5.74, 6) is 0.645. The number of rotatable bonds is 2. The molecule has 0 aliphatic heterocycles. The standard InChI is InChI=1S/C10H13BrN2/c11-8-5-2-6-13-10(8)9(12)7-3-1-4-7/h2,5-7,9H,1,3-4,12H2. The molecule has 2 rings (SSSR count). The SMILES string of the molecule is NC(c1ncccc1Br)C1CCC1. The van der Waals surface area contributed by atoms with Crippen molar-refractivity contribution in [2.24, 2.45) is 11.7 Å². The summed E-state index contributed by atoms with van der Waals surface area (Å²) in [7, 11) is 0. The quantitative estimate of drug-likeness (QED) is 0.864. The second-order valence-electron chi connectivity index (χ2n) is 3.59. The molecule has 1 heterocycles. The monoisotopic (exact) mass is 240 g/mol. The molecule has 1 aliphatic rings. The lowest BCUT2D eigenvalue weighted by molar-refractivity contribution is 0.260. The van der Waals surface area contributed by atoms with Gasteiger partial charge in [-0.3, -0.25) is 4.98 Å². The van der Waals surface area contributed by atoms with Crippen LogP contribution in [0.4, 0.5) is 0 Å². The number of hydrogen-bond acceptors (Lipinski definition) is 2. The molecule has 0 aromatic carbocycles. The summed E-state index contributed by atoms with van der Waals surface area (Å²) >= 11 is 3.48. The second kappa shape index (κ2) is 3.76. The van der Waals surface area contributed by atoms with Crippen LogP contribution in [0.1, 0.15) is 31.0 Å². The molecule has 0 spiro atoms. The summed E-state index contributed by atoms with van der Waals surface area (Å²) in [5.41, 5.74) is 7.12. The first-order valence-corrected chi connectivity index (χ1v) is 5.44. The lowest BCUT2D eigenvalue weighted by Crippen LogP contribution is -2.27. The molecule has 1 saturated carbocycles. The molecule has 1 atom stereocenters. The Labute approximate surface area is 86.7 Å². The Morgan fingerprint density at radius 1 is 1.54 bits per heavy atom. The maximum atomic E-state index is 6.11. The lowest BCUT2D eigenvalue weighted by atomic mass is 9.79. The van der Waals surface area contributed by atoms with E-state index in [4.69, 9.17) is 5.73 Å². The summed E-state index contributed by atoms with van der Waals surface area (Å²) in [6.45, 7) is 0. The molecule has 0 bridgehead atoms. The highest BCUT2D eigenvalue weighted by Gasteiger charge is 2.27. The van der Waals surface area contributed by atoms with E-state index in [1.54, 1.807) is 6.20 Å². The van der Waals surface area contributed by atoms with Gasteiger partial charge in [0, 0.05) is 10.7 Å². The van der Waals surface area contributed by atoms with Crippen molar-refractivity contribution in [3.8, 4) is 0 Å². The van der Waals surface area contributed by atoms with E-state index >= 15 is 0 Å². The topological polar surface area (TPSA) is 38.9 Å². The van der Waals surface area contributed by atoms with E-state index in [2.05, 4.69) is 20.9 Å². The molecule has 1 aromatic rings. The number of aromatic nitrogens is 1. The van der Waals surface area contributed by atoms with E-state index in [-0.39, 0.29) is 6.04 Å². The van der Waals surface area contributed by atoms with Crippen LogP contribution in [0.2, 0.25) is 0 Å². The average Bonchev–Trinajstić information content (AvgIpc) is 2.01. The van der Waals surface area contributed by atoms with E-state index in [9.17, 15) is 0 Å². The van der Waals surface area contributed by atoms with Gasteiger partial charge in [0.2, 0.25) is 0 Å². The largest absolute Gasteiger partial charge is 0.322 e. The van der Waals surface area contributed by atoms with E-state index in [0.29, 0.717) is 5.92 Å². The van der Waals surface area contributed by atoms with Crippen LogP contribution in [-0.4, -0.2) is 4.98 Å². The van der Waals surface area contributed by atoms with Crippen molar-refractivity contribution in [3.63, 3.8) is 0 Å². The minimum Gasteiger partial charge on any atom is -0.322 e. The van der Waals surface area contributed by atoms with Crippen molar-refractivity contribution in [2.75, 3.05) is 0 Å². The highest BCUT2D eigenvalue weighted by molar-refractivity contribution is 9.10. The van der Waals surface area contributed by atoms with Gasteiger partial charge in [-0.25, -0.2) is 0 Å². The van der Waals surface area contributed by atoms with Crippen molar-refractivity contribution in [1.82, 2.24) is 4.98 Å². The van der Waals surface area contributed by atoms with Gasteiger partial charge in [0.1, 0.15) is 0 Å². The Morgan fingerprint density at radius 2 is 2.31 bits per heavy atom. The third kappa shape index (κ3) is 1.76. The van der Waals surface area contributed by atoms with Gasteiger partial charge in [0.15, 0.2) is 0 Å². The first-order chi connectivity index (χ1) is 6.29. The van der Waals surface area contributed by atoms with E-state index in [1.165, 1.54) is 19.3 Å². The Morgan fingerprint density at radius 3 is 2.85 bits per heavy atom. The van der Waals surface area contributed by atoms with Gasteiger partial charge in [-0.1, -0.05) is 6.42 Å². The first-order valence-electron chi connectivity index (χ1n) is 4.65. The molecule has 0 amide bonds. The van der Waals surface area contributed by atoms with Crippen LogP contribution in [0, 0.1) is 5.92 Å². The molecule has 1 unspecified atom stereocenters. The maximum absolute atomic E-state index is 6.11. The Kier molecular flexibility index (Phi) is 2.65. The minimum absolute atomic E-state index is 0.115. The number of pyridine rings is 1. The van der Waals surface area contributed by atoms with Crippen molar-refractivity contribution < 1.29 is 0 Å². The fourth-order valence-electron chi connectivity index (χ4n) is 1.67. The third-order valence-corrected chi connectivity index (χ3v) is 3.43. The molecule has 2 N–H and O–H groups in total. The molecule has 13 heavy (non-hydrogen) atoms. The molecule has 0 saturated heterocycles. The van der Waals surface area contributed by atoms with Gasteiger partial charge in [-0.15, -0.1) is 0 Å². The van der Waals surface area contributed by atoms with Gasteiger partial charge in [0.25, 0.3) is 0 Å². The fraction of sp³-hybridized carbons (Fsp3) is 0.500. The summed E-state index contributed by atoms with van der Waals surface area (Å²) in [5, 5.41) is 0. The van der Waals surface area contributed by atoms with Crippen LogP contribution < -0.4 is 5.73 Å². The zero-order valence-electron chi connectivity index (χ0n) is 7.41. The molecule has 2 nitrogen and oxygen atoms in total. The number of nitrogens with zero attached hydrogens (tertiary/aromatic N) is 1. The van der Waals surface area contributed by atoms with Crippen molar-refractivity contribution >= 4 is 15.9 Å². The Bertz CT molecular complexity index is 297. The van der Waals surface area contributed by atoms with Gasteiger partial charge < -0.3 is 5.73 Å². The van der Waals surface area contributed by atoms with Crippen LogP contribution in [0.15, 0.2) is 22.8 Å². The summed E-state index contributed by atoms with van der Waals surface area (Å²) < 4.78 is 1.04. The van der Waals surface area contributed by atoms with Gasteiger partial charge >= 0.3 is 0 Å². The molecule has 3 heteroatoms. The van der Waals surface area contributed by atoms with Gasteiger partial charge in [-0.2, -0.15) is 0 Å². The summed E-state index contributed by atoms with van der Waals surface area (Å²) in [4.78, 5) is 4.31. The first kappa shape index (κ1) is 9.16. The summed E-state index contributed by atoms with van der Waals surface area (Å²) in [6.07, 6.45) is 5.63. The molecule has 1 aromatic heterocycles. The average molecular weight is 241 g/mol. The Hall–Kier alpha value is -0.410. The minimum atomic E-state index is 0.115. The smallest absolute Gasteiger partial charge is 0.0715 e. The van der Waals surface area contributed by atoms with Gasteiger partial charge in [-0.05, 0) is 46.8 Å². The lowest BCUT2D eigenvalue weighted by Gasteiger charge is -2.31. The van der Waals surface area contributed by atoms with E-state index in [0.717, 1.165) is 10.2 Å². The van der Waals surface area contributed by atoms with Crippen molar-refractivity contribution in [1.29, 1.82) is 0 Å². The maximum Gasteiger partial charge on any atom is 0.0715 e. The molecular weight excluding hydrogens is 228 g/mol. The normalized spacial score (nSPS) is 19.5. The predicted octanol–water partition coefficient (Wildman–Crippen LogP) is 2.64. The van der Waals surface area contributed by atoms with E-state index < -0.39 is 0 Å².